The monoisotopic (exact) mass is 362 g/mol. The van der Waals surface area contributed by atoms with Crippen LogP contribution in [0.5, 0.6) is 0 Å². The third-order valence-electron chi connectivity index (χ3n) is 3.97. The van der Waals surface area contributed by atoms with Gasteiger partial charge >= 0.3 is 0 Å². The van der Waals surface area contributed by atoms with Gasteiger partial charge in [0.1, 0.15) is 0 Å². The van der Waals surface area contributed by atoms with E-state index in [0.29, 0.717) is 22.3 Å². The van der Waals surface area contributed by atoms with Crippen molar-refractivity contribution in [1.82, 2.24) is 0 Å². The Balaban J connectivity index is 1.70. The molecule has 6 heteroatoms. The minimum atomic E-state index is -0.406. The zero-order valence-electron chi connectivity index (χ0n) is 13.1. The van der Waals surface area contributed by atoms with Crippen LogP contribution in [0.4, 0.5) is 11.4 Å². The molecule has 1 fully saturated rings. The number of halogens is 2. The lowest BCUT2D eigenvalue weighted by molar-refractivity contribution is -0.122. The lowest BCUT2D eigenvalue weighted by atomic mass is 10.1. The van der Waals surface area contributed by atoms with Gasteiger partial charge in [-0.1, -0.05) is 40.9 Å². The van der Waals surface area contributed by atoms with E-state index in [2.05, 4.69) is 5.32 Å². The van der Waals surface area contributed by atoms with E-state index < -0.39 is 5.92 Å². The van der Waals surface area contributed by atoms with Gasteiger partial charge in [-0.15, -0.1) is 0 Å². The quantitative estimate of drug-likeness (QED) is 0.884. The second kappa shape index (κ2) is 6.83. The van der Waals surface area contributed by atoms with Gasteiger partial charge in [-0.2, -0.15) is 0 Å². The number of anilines is 2. The molecule has 0 saturated carbocycles. The number of carbonyl (C=O) groups excluding carboxylic acids is 2. The fourth-order valence-corrected chi connectivity index (χ4v) is 3.25. The Morgan fingerprint density at radius 1 is 1.12 bits per heavy atom. The Bertz CT molecular complexity index is 770. The van der Waals surface area contributed by atoms with E-state index in [1.807, 2.05) is 31.2 Å². The van der Waals surface area contributed by atoms with Crippen LogP contribution in [-0.2, 0) is 9.59 Å². The average Bonchev–Trinajstić information content (AvgIpc) is 2.89. The van der Waals surface area contributed by atoms with Crippen LogP contribution in [0, 0.1) is 12.8 Å². The molecule has 4 nitrogen and oxygen atoms in total. The van der Waals surface area contributed by atoms with Gasteiger partial charge in [0.15, 0.2) is 0 Å². The number of hydrogen-bond donors (Lipinski definition) is 1. The van der Waals surface area contributed by atoms with Crippen molar-refractivity contribution >= 4 is 46.4 Å². The van der Waals surface area contributed by atoms with Crippen LogP contribution in [0.25, 0.3) is 0 Å². The van der Waals surface area contributed by atoms with Crippen LogP contribution in [0.15, 0.2) is 42.5 Å². The zero-order valence-corrected chi connectivity index (χ0v) is 14.6. The van der Waals surface area contributed by atoms with E-state index in [4.69, 9.17) is 23.2 Å². The lowest BCUT2D eigenvalue weighted by Gasteiger charge is -2.17. The number of rotatable bonds is 3. The third kappa shape index (κ3) is 3.71. The lowest BCUT2D eigenvalue weighted by Crippen LogP contribution is -2.28. The van der Waals surface area contributed by atoms with Crippen molar-refractivity contribution in [2.24, 2.45) is 5.92 Å². The summed E-state index contributed by atoms with van der Waals surface area (Å²) >= 11 is 11.9. The summed E-state index contributed by atoms with van der Waals surface area (Å²) in [6, 6.07) is 12.5. The summed E-state index contributed by atoms with van der Waals surface area (Å²) in [7, 11) is 0. The van der Waals surface area contributed by atoms with Crippen LogP contribution in [0.1, 0.15) is 12.0 Å². The van der Waals surface area contributed by atoms with Crippen LogP contribution in [-0.4, -0.2) is 18.4 Å². The molecule has 0 aliphatic carbocycles. The molecule has 0 radical (unpaired) electrons. The van der Waals surface area contributed by atoms with Gasteiger partial charge in [0.2, 0.25) is 11.8 Å². The maximum absolute atomic E-state index is 12.4. The minimum Gasteiger partial charge on any atom is -0.326 e. The summed E-state index contributed by atoms with van der Waals surface area (Å²) in [6.07, 6.45) is 0.188. The largest absolute Gasteiger partial charge is 0.326 e. The summed E-state index contributed by atoms with van der Waals surface area (Å²) < 4.78 is 0. The molecule has 1 saturated heterocycles. The number of benzene rings is 2. The Labute approximate surface area is 150 Å². The molecule has 1 N–H and O–H groups in total. The van der Waals surface area contributed by atoms with E-state index in [-0.39, 0.29) is 18.2 Å². The molecule has 2 aromatic rings. The first-order chi connectivity index (χ1) is 11.4. The first-order valence-electron chi connectivity index (χ1n) is 7.56. The number of nitrogens with zero attached hydrogens (tertiary/aromatic N) is 1. The number of aryl methyl sites for hydroxylation is 1. The van der Waals surface area contributed by atoms with E-state index >= 15 is 0 Å². The van der Waals surface area contributed by atoms with Crippen molar-refractivity contribution in [2.75, 3.05) is 16.8 Å². The second-order valence-corrected chi connectivity index (χ2v) is 6.76. The topological polar surface area (TPSA) is 49.4 Å². The van der Waals surface area contributed by atoms with Crippen LogP contribution < -0.4 is 10.2 Å². The normalized spacial score (nSPS) is 17.2. The van der Waals surface area contributed by atoms with Gasteiger partial charge in [-0.3, -0.25) is 9.59 Å². The fourth-order valence-electron chi connectivity index (χ4n) is 2.73. The SMILES string of the molecule is Cc1ccc(N2C[C@@H](C(=O)Nc3cc(Cl)cc(Cl)c3)CC2=O)cc1. The predicted molar refractivity (Wildman–Crippen MR) is 96.7 cm³/mol. The molecular formula is C18H16Cl2N2O2. The molecule has 1 aliphatic rings. The molecule has 24 heavy (non-hydrogen) atoms. The minimum absolute atomic E-state index is 0.0527. The van der Waals surface area contributed by atoms with Crippen LogP contribution in [0.2, 0.25) is 10.0 Å². The standard InChI is InChI=1S/C18H16Cl2N2O2/c1-11-2-4-16(5-3-11)22-10-12(6-17(22)23)18(24)21-15-8-13(19)7-14(20)9-15/h2-5,7-9,12H,6,10H2,1H3,(H,21,24)/t12-/m0/s1. The number of nitrogens with one attached hydrogen (secondary N) is 1. The third-order valence-corrected chi connectivity index (χ3v) is 4.41. The van der Waals surface area contributed by atoms with Crippen molar-refractivity contribution in [3.8, 4) is 0 Å². The van der Waals surface area contributed by atoms with Gasteiger partial charge in [-0.05, 0) is 37.3 Å². The molecule has 3 rings (SSSR count). The van der Waals surface area contributed by atoms with Crippen LogP contribution >= 0.6 is 23.2 Å². The van der Waals surface area contributed by atoms with Crippen molar-refractivity contribution < 1.29 is 9.59 Å². The molecule has 1 heterocycles. The Morgan fingerprint density at radius 2 is 1.75 bits per heavy atom. The van der Waals surface area contributed by atoms with Crippen molar-refractivity contribution in [3.63, 3.8) is 0 Å². The summed E-state index contributed by atoms with van der Waals surface area (Å²) in [6.45, 7) is 2.35. The fraction of sp³-hybridized carbons (Fsp3) is 0.222. The van der Waals surface area contributed by atoms with Crippen molar-refractivity contribution in [3.05, 3.63) is 58.1 Å². The highest BCUT2D eigenvalue weighted by Crippen LogP contribution is 2.27. The molecule has 0 unspecified atom stereocenters. The number of amides is 2. The first kappa shape index (κ1) is 16.8. The van der Waals surface area contributed by atoms with Crippen molar-refractivity contribution in [1.29, 1.82) is 0 Å². The maximum Gasteiger partial charge on any atom is 0.229 e. The average molecular weight is 363 g/mol. The molecule has 1 atom stereocenters. The zero-order chi connectivity index (χ0) is 17.3. The Hall–Kier alpha value is -2.04. The summed E-state index contributed by atoms with van der Waals surface area (Å²) in [4.78, 5) is 26.3. The molecule has 0 aromatic heterocycles. The van der Waals surface area contributed by atoms with Crippen LogP contribution in [0.3, 0.4) is 0 Å². The molecule has 2 aromatic carbocycles. The summed E-state index contributed by atoms with van der Waals surface area (Å²) in [5, 5.41) is 3.67. The van der Waals surface area contributed by atoms with Gasteiger partial charge in [-0.25, -0.2) is 0 Å². The second-order valence-electron chi connectivity index (χ2n) is 5.89. The Kier molecular flexibility index (Phi) is 4.78. The summed E-state index contributed by atoms with van der Waals surface area (Å²) in [5.41, 5.74) is 2.46. The number of hydrogen-bond acceptors (Lipinski definition) is 2. The molecule has 0 spiro atoms. The highest BCUT2D eigenvalue weighted by molar-refractivity contribution is 6.35. The molecule has 1 aliphatic heterocycles. The van der Waals surface area contributed by atoms with Gasteiger partial charge in [0.25, 0.3) is 0 Å². The van der Waals surface area contributed by atoms with E-state index in [1.165, 1.54) is 0 Å². The van der Waals surface area contributed by atoms with E-state index in [9.17, 15) is 9.59 Å². The van der Waals surface area contributed by atoms with Gasteiger partial charge in [0.05, 0.1) is 5.92 Å². The smallest absolute Gasteiger partial charge is 0.229 e. The van der Waals surface area contributed by atoms with E-state index in [1.54, 1.807) is 23.1 Å². The first-order valence-corrected chi connectivity index (χ1v) is 8.32. The van der Waals surface area contributed by atoms with Gasteiger partial charge in [0, 0.05) is 34.4 Å². The molecular weight excluding hydrogens is 347 g/mol. The van der Waals surface area contributed by atoms with Gasteiger partial charge < -0.3 is 10.2 Å². The highest BCUT2D eigenvalue weighted by Gasteiger charge is 2.35. The highest BCUT2D eigenvalue weighted by atomic mass is 35.5. The number of carbonyl (C=O) groups is 2. The van der Waals surface area contributed by atoms with Crippen molar-refractivity contribution in [2.45, 2.75) is 13.3 Å². The maximum atomic E-state index is 12.4. The van der Waals surface area contributed by atoms with E-state index in [0.717, 1.165) is 11.3 Å². The summed E-state index contributed by atoms with van der Waals surface area (Å²) in [5.74, 6) is -0.670. The predicted octanol–water partition coefficient (Wildman–Crippen LogP) is 4.29. The Morgan fingerprint density at radius 3 is 2.38 bits per heavy atom. The molecule has 0 bridgehead atoms. The molecule has 2 amide bonds. The molecule has 124 valence electrons.